The van der Waals surface area contributed by atoms with E-state index in [0.717, 1.165) is 12.2 Å². The Kier molecular flexibility index (Phi) is 7.11. The lowest BCUT2D eigenvalue weighted by Gasteiger charge is -2.25. The van der Waals surface area contributed by atoms with Crippen molar-refractivity contribution in [2.45, 2.75) is 72.6 Å². The number of ether oxygens (including phenoxy) is 3. The van der Waals surface area contributed by atoms with Crippen molar-refractivity contribution in [3.8, 4) is 11.5 Å². The number of anilines is 1. The molecule has 1 aliphatic heterocycles. The SMILES string of the molecule is CCCc1nc(NC(=O)C2COc3ccccc3O2)c(C(=O)OC(C)(C)C)n1CC(C)C. The third-order valence-electron chi connectivity index (χ3n) is 4.70. The maximum Gasteiger partial charge on any atom is 0.359 e. The molecule has 1 unspecified atom stereocenters. The van der Waals surface area contributed by atoms with Gasteiger partial charge in [-0.2, -0.15) is 0 Å². The fraction of sp³-hybridized carbons (Fsp3) is 0.542. The van der Waals surface area contributed by atoms with Crippen molar-refractivity contribution in [2.24, 2.45) is 5.92 Å². The van der Waals surface area contributed by atoms with E-state index in [0.29, 0.717) is 24.5 Å². The van der Waals surface area contributed by atoms with Crippen LogP contribution in [0.2, 0.25) is 0 Å². The van der Waals surface area contributed by atoms with Crippen molar-refractivity contribution in [2.75, 3.05) is 11.9 Å². The van der Waals surface area contributed by atoms with E-state index in [2.05, 4.69) is 24.1 Å². The second kappa shape index (κ2) is 9.63. The Bertz CT molecular complexity index is 974. The minimum absolute atomic E-state index is 0.0686. The molecule has 1 aliphatic rings. The minimum Gasteiger partial charge on any atom is -0.485 e. The van der Waals surface area contributed by atoms with Gasteiger partial charge in [0.05, 0.1) is 0 Å². The molecule has 0 aliphatic carbocycles. The van der Waals surface area contributed by atoms with Crippen molar-refractivity contribution in [3.63, 3.8) is 0 Å². The lowest BCUT2D eigenvalue weighted by molar-refractivity contribution is -0.125. The lowest BCUT2D eigenvalue weighted by Crippen LogP contribution is -2.40. The number of aromatic nitrogens is 2. The maximum atomic E-state index is 13.1. The first kappa shape index (κ1) is 23.6. The summed E-state index contributed by atoms with van der Waals surface area (Å²) < 4.78 is 19.0. The zero-order valence-corrected chi connectivity index (χ0v) is 19.7. The summed E-state index contributed by atoms with van der Waals surface area (Å²) in [6.07, 6.45) is 0.669. The molecule has 2 aromatic rings. The number of esters is 1. The van der Waals surface area contributed by atoms with Crippen molar-refractivity contribution in [1.82, 2.24) is 9.55 Å². The summed E-state index contributed by atoms with van der Waals surface area (Å²) in [5, 5.41) is 2.79. The molecule has 1 atom stereocenters. The highest BCUT2D eigenvalue weighted by atomic mass is 16.6. The molecule has 0 radical (unpaired) electrons. The summed E-state index contributed by atoms with van der Waals surface area (Å²) in [7, 11) is 0. The van der Waals surface area contributed by atoms with E-state index in [1.807, 2.05) is 44.4 Å². The number of para-hydroxylation sites is 2. The maximum absolute atomic E-state index is 13.1. The number of aryl methyl sites for hydroxylation is 1. The number of rotatable bonds is 7. The van der Waals surface area contributed by atoms with E-state index in [4.69, 9.17) is 14.2 Å². The van der Waals surface area contributed by atoms with Gasteiger partial charge < -0.3 is 24.1 Å². The number of amides is 1. The molecule has 0 saturated carbocycles. The molecule has 0 bridgehead atoms. The van der Waals surface area contributed by atoms with E-state index in [-0.39, 0.29) is 24.0 Å². The van der Waals surface area contributed by atoms with Gasteiger partial charge in [-0.1, -0.05) is 32.9 Å². The smallest absolute Gasteiger partial charge is 0.359 e. The highest BCUT2D eigenvalue weighted by Crippen LogP contribution is 2.31. The monoisotopic (exact) mass is 443 g/mol. The number of benzene rings is 1. The fourth-order valence-electron chi connectivity index (χ4n) is 3.44. The van der Waals surface area contributed by atoms with Crippen LogP contribution >= 0.6 is 0 Å². The Balaban J connectivity index is 1.92. The average molecular weight is 444 g/mol. The average Bonchev–Trinajstić information content (AvgIpc) is 3.02. The van der Waals surface area contributed by atoms with E-state index >= 15 is 0 Å². The molecule has 8 nitrogen and oxygen atoms in total. The third kappa shape index (κ3) is 5.60. The summed E-state index contributed by atoms with van der Waals surface area (Å²) in [4.78, 5) is 30.8. The quantitative estimate of drug-likeness (QED) is 0.644. The predicted octanol–water partition coefficient (Wildman–Crippen LogP) is 4.23. The van der Waals surface area contributed by atoms with Crippen molar-refractivity contribution >= 4 is 17.7 Å². The van der Waals surface area contributed by atoms with Crippen LogP contribution in [0.1, 0.15) is 64.3 Å². The first-order valence-electron chi connectivity index (χ1n) is 11.1. The van der Waals surface area contributed by atoms with Crippen LogP contribution in [-0.4, -0.2) is 39.7 Å². The van der Waals surface area contributed by atoms with Crippen LogP contribution in [0.3, 0.4) is 0 Å². The zero-order chi connectivity index (χ0) is 23.5. The predicted molar refractivity (Wildman–Crippen MR) is 121 cm³/mol. The van der Waals surface area contributed by atoms with Crippen LogP contribution in [0.15, 0.2) is 24.3 Å². The molecule has 3 rings (SSSR count). The number of nitrogens with one attached hydrogen (secondary N) is 1. The molecule has 1 N–H and O–H groups in total. The van der Waals surface area contributed by atoms with Crippen LogP contribution in [0, 0.1) is 5.92 Å². The van der Waals surface area contributed by atoms with Crippen molar-refractivity contribution in [1.29, 1.82) is 0 Å². The molecular formula is C24H33N3O5. The van der Waals surface area contributed by atoms with Gasteiger partial charge in [0, 0.05) is 13.0 Å². The van der Waals surface area contributed by atoms with Gasteiger partial charge in [0.15, 0.2) is 23.0 Å². The van der Waals surface area contributed by atoms with Gasteiger partial charge in [-0.15, -0.1) is 0 Å². The zero-order valence-electron chi connectivity index (χ0n) is 19.7. The molecule has 0 fully saturated rings. The van der Waals surface area contributed by atoms with Gasteiger partial charge in [0.2, 0.25) is 6.10 Å². The highest BCUT2D eigenvalue weighted by Gasteiger charge is 2.32. The van der Waals surface area contributed by atoms with Crippen LogP contribution in [0.5, 0.6) is 11.5 Å². The Hall–Kier alpha value is -3.03. The standard InChI is InChI=1S/C24H33N3O5/c1-7-10-19-25-21(20(27(19)13-15(2)3)23(29)32-24(4,5)6)26-22(28)18-14-30-16-11-8-9-12-17(16)31-18/h8-9,11-12,15,18H,7,10,13-14H2,1-6H3,(H,26,28). The topological polar surface area (TPSA) is 91.7 Å². The molecule has 0 saturated heterocycles. The van der Waals surface area contributed by atoms with Gasteiger partial charge in [-0.05, 0) is 45.2 Å². The third-order valence-corrected chi connectivity index (χ3v) is 4.70. The van der Waals surface area contributed by atoms with Crippen molar-refractivity contribution in [3.05, 3.63) is 35.8 Å². The number of imidazole rings is 1. The van der Waals surface area contributed by atoms with Gasteiger partial charge in [-0.25, -0.2) is 9.78 Å². The Labute approximate surface area is 189 Å². The van der Waals surface area contributed by atoms with Crippen LogP contribution in [-0.2, 0) is 22.5 Å². The number of hydrogen-bond acceptors (Lipinski definition) is 6. The second-order valence-corrected chi connectivity index (χ2v) is 9.34. The summed E-state index contributed by atoms with van der Waals surface area (Å²) in [5.74, 6) is 1.35. The van der Waals surface area contributed by atoms with Crippen LogP contribution < -0.4 is 14.8 Å². The molecular weight excluding hydrogens is 410 g/mol. The number of fused-ring (bicyclic) bond motifs is 1. The van der Waals surface area contributed by atoms with E-state index < -0.39 is 23.6 Å². The van der Waals surface area contributed by atoms with Gasteiger partial charge in [0.25, 0.3) is 5.91 Å². The molecule has 1 aromatic carbocycles. The first-order chi connectivity index (χ1) is 15.1. The summed E-state index contributed by atoms with van der Waals surface area (Å²) in [6.45, 7) is 12.3. The molecule has 1 aromatic heterocycles. The Morgan fingerprint density at radius 3 is 2.56 bits per heavy atom. The first-order valence-corrected chi connectivity index (χ1v) is 11.1. The number of hydrogen-bond donors (Lipinski definition) is 1. The number of carbonyl (C=O) groups is 2. The summed E-state index contributed by atoms with van der Waals surface area (Å²) in [5.41, 5.74) is -0.428. The van der Waals surface area contributed by atoms with Crippen LogP contribution in [0.25, 0.3) is 0 Å². The fourth-order valence-corrected chi connectivity index (χ4v) is 3.44. The van der Waals surface area contributed by atoms with Gasteiger partial charge >= 0.3 is 5.97 Å². The normalized spacial score (nSPS) is 15.5. The molecule has 32 heavy (non-hydrogen) atoms. The van der Waals surface area contributed by atoms with E-state index in [1.165, 1.54) is 0 Å². The molecule has 8 heteroatoms. The van der Waals surface area contributed by atoms with Crippen LogP contribution in [0.4, 0.5) is 5.82 Å². The number of carbonyl (C=O) groups excluding carboxylic acids is 2. The van der Waals surface area contributed by atoms with Gasteiger partial charge in [-0.3, -0.25) is 4.79 Å². The number of nitrogens with zero attached hydrogens (tertiary/aromatic N) is 2. The molecule has 174 valence electrons. The Morgan fingerprint density at radius 1 is 1.25 bits per heavy atom. The largest absolute Gasteiger partial charge is 0.485 e. The minimum atomic E-state index is -0.860. The molecule has 2 heterocycles. The van der Waals surface area contributed by atoms with E-state index in [9.17, 15) is 9.59 Å². The summed E-state index contributed by atoms with van der Waals surface area (Å²) in [6, 6.07) is 7.19. The highest BCUT2D eigenvalue weighted by molar-refractivity contribution is 6.01. The Morgan fingerprint density at radius 2 is 1.94 bits per heavy atom. The summed E-state index contributed by atoms with van der Waals surface area (Å²) >= 11 is 0. The molecule has 0 spiro atoms. The van der Waals surface area contributed by atoms with Crippen molar-refractivity contribution < 1.29 is 23.8 Å². The molecule has 1 amide bonds. The second-order valence-electron chi connectivity index (χ2n) is 9.34. The lowest BCUT2D eigenvalue weighted by atomic mass is 10.2. The van der Waals surface area contributed by atoms with E-state index in [1.54, 1.807) is 12.1 Å². The van der Waals surface area contributed by atoms with Gasteiger partial charge in [0.1, 0.15) is 18.0 Å².